The summed E-state index contributed by atoms with van der Waals surface area (Å²) in [4.78, 5) is 10.9. The molecule has 1 aromatic carbocycles. The summed E-state index contributed by atoms with van der Waals surface area (Å²) >= 11 is 0. The zero-order valence-electron chi connectivity index (χ0n) is 12.3. The second kappa shape index (κ2) is 5.98. The fraction of sp³-hybridized carbons (Fsp3) is 0.462. The van der Waals surface area contributed by atoms with Gasteiger partial charge in [-0.25, -0.2) is 9.00 Å². The molecule has 122 valence electrons. The molecule has 0 bridgehead atoms. The predicted molar refractivity (Wildman–Crippen MR) is 83.2 cm³/mol. The van der Waals surface area contributed by atoms with Gasteiger partial charge in [0.25, 0.3) is 10.0 Å². The van der Waals surface area contributed by atoms with E-state index in [2.05, 4.69) is 9.08 Å². The minimum Gasteiger partial charge on any atom is -0.478 e. The maximum Gasteiger partial charge on any atom is 0.335 e. The molecule has 1 aliphatic rings. The molecule has 22 heavy (non-hydrogen) atoms. The molecule has 1 saturated heterocycles. The van der Waals surface area contributed by atoms with Crippen LogP contribution in [0, 0.1) is 13.8 Å². The minimum atomic E-state index is -4.17. The van der Waals surface area contributed by atoms with E-state index in [4.69, 9.17) is 5.11 Å². The van der Waals surface area contributed by atoms with E-state index in [1.54, 1.807) is 13.8 Å². The van der Waals surface area contributed by atoms with Crippen molar-refractivity contribution in [2.75, 3.05) is 24.6 Å². The number of sulfonamides is 1. The fourth-order valence-corrected chi connectivity index (χ4v) is 6.50. The molecular formula is C13H18N2O5S2. The first kappa shape index (κ1) is 16.9. The maximum atomic E-state index is 12.5. The monoisotopic (exact) mass is 346 g/mol. The number of hydrogen-bond acceptors (Lipinski definition) is 5. The first-order valence-corrected chi connectivity index (χ1v) is 9.98. The van der Waals surface area contributed by atoms with Crippen molar-refractivity contribution >= 4 is 25.7 Å². The Kier molecular flexibility index (Phi) is 4.59. The van der Waals surface area contributed by atoms with Gasteiger partial charge in [-0.15, -0.1) is 3.77 Å². The quantitative estimate of drug-likeness (QED) is 0.835. The number of nitrogens with zero attached hydrogens (tertiary/aromatic N) is 1. The zero-order chi connectivity index (χ0) is 16.5. The number of aryl methyl sites for hydroxylation is 1. The van der Waals surface area contributed by atoms with E-state index in [1.807, 2.05) is 0 Å². The van der Waals surface area contributed by atoms with Crippen LogP contribution in [0.2, 0.25) is 0 Å². The largest absolute Gasteiger partial charge is 0.478 e. The van der Waals surface area contributed by atoms with Crippen LogP contribution in [0.5, 0.6) is 0 Å². The van der Waals surface area contributed by atoms with E-state index in [-0.39, 0.29) is 22.0 Å². The summed E-state index contributed by atoms with van der Waals surface area (Å²) < 4.78 is 41.1. The Morgan fingerprint density at radius 3 is 2.41 bits per heavy atom. The molecule has 1 heterocycles. The average Bonchev–Trinajstić information content (AvgIpc) is 2.40. The van der Waals surface area contributed by atoms with Crippen LogP contribution in [0.1, 0.15) is 21.5 Å². The lowest BCUT2D eigenvalue weighted by Gasteiger charge is -2.17. The van der Waals surface area contributed by atoms with E-state index in [1.165, 1.54) is 6.07 Å². The predicted octanol–water partition coefficient (Wildman–Crippen LogP) is 0.762. The first-order chi connectivity index (χ1) is 10.1. The van der Waals surface area contributed by atoms with E-state index >= 15 is 0 Å². The molecule has 0 spiro atoms. The number of carboxylic acid groups (broad SMARTS) is 1. The van der Waals surface area contributed by atoms with Crippen LogP contribution >= 0.6 is 0 Å². The van der Waals surface area contributed by atoms with Gasteiger partial charge in [0.2, 0.25) is 0 Å². The number of hydrogen-bond donors (Lipinski definition) is 2. The van der Waals surface area contributed by atoms with Crippen molar-refractivity contribution in [3.8, 4) is 0 Å². The van der Waals surface area contributed by atoms with Crippen LogP contribution in [-0.4, -0.2) is 48.3 Å². The number of carboxylic acids is 1. The number of carbonyl (C=O) groups is 1. The lowest BCUT2D eigenvalue weighted by molar-refractivity contribution is 0.0696. The molecular weight excluding hydrogens is 328 g/mol. The zero-order valence-corrected chi connectivity index (χ0v) is 14.0. The summed E-state index contributed by atoms with van der Waals surface area (Å²) in [6.45, 7) is 4.11. The second-order valence-corrected chi connectivity index (χ2v) is 9.55. The first-order valence-electron chi connectivity index (χ1n) is 6.69. The molecule has 2 rings (SSSR count). The van der Waals surface area contributed by atoms with Gasteiger partial charge in [-0.05, 0) is 37.1 Å². The Bertz CT molecular complexity index is 824. The van der Waals surface area contributed by atoms with Crippen LogP contribution in [0.3, 0.4) is 0 Å². The van der Waals surface area contributed by atoms with Crippen molar-refractivity contribution in [1.29, 1.82) is 0 Å². The SMILES string of the molecule is Cc1cc(C(=O)O)cc(S(=O)(=O)N=S2(=O)CCNCC2)c1C. The van der Waals surface area contributed by atoms with Crippen molar-refractivity contribution in [1.82, 2.24) is 5.32 Å². The minimum absolute atomic E-state index is 0.128. The third-order valence-electron chi connectivity index (χ3n) is 3.57. The van der Waals surface area contributed by atoms with E-state index in [0.29, 0.717) is 24.2 Å². The summed E-state index contributed by atoms with van der Waals surface area (Å²) in [5.41, 5.74) is 0.830. The van der Waals surface area contributed by atoms with Crippen LogP contribution in [-0.2, 0) is 19.8 Å². The molecule has 1 aromatic rings. The van der Waals surface area contributed by atoms with Crippen molar-refractivity contribution in [2.45, 2.75) is 18.7 Å². The molecule has 9 heteroatoms. The normalized spacial score (nSPS) is 17.9. The molecule has 0 aromatic heterocycles. The van der Waals surface area contributed by atoms with Gasteiger partial charge in [-0.1, -0.05) is 0 Å². The van der Waals surface area contributed by atoms with Crippen LogP contribution in [0.15, 0.2) is 20.8 Å². The van der Waals surface area contributed by atoms with E-state index in [9.17, 15) is 17.4 Å². The standard InChI is InChI=1S/C13H18N2O5S2/c1-9-7-11(13(16)17)8-12(10(9)2)22(19,20)15-21(18)5-3-14-4-6-21/h7-8,14H,3-6H2,1-2H3,(H,16,17). The van der Waals surface area contributed by atoms with Crippen LogP contribution in [0.4, 0.5) is 0 Å². The number of aromatic carboxylic acids is 1. The second-order valence-electron chi connectivity index (χ2n) is 5.20. The molecule has 1 aliphatic heterocycles. The Labute approximate surface area is 130 Å². The summed E-state index contributed by atoms with van der Waals surface area (Å²) in [5.74, 6) is -0.878. The third-order valence-corrected chi connectivity index (χ3v) is 8.11. The molecule has 0 amide bonds. The van der Waals surface area contributed by atoms with Crippen molar-refractivity contribution < 1.29 is 22.5 Å². The summed E-state index contributed by atoms with van der Waals surface area (Å²) in [6.07, 6.45) is 0. The molecule has 0 radical (unpaired) electrons. The molecule has 7 nitrogen and oxygen atoms in total. The topological polar surface area (TPSA) is 113 Å². The van der Waals surface area contributed by atoms with Crippen molar-refractivity contribution in [3.63, 3.8) is 0 Å². The van der Waals surface area contributed by atoms with Gasteiger partial charge in [0.05, 0.1) is 20.2 Å². The molecule has 0 atom stereocenters. The highest BCUT2D eigenvalue weighted by Crippen LogP contribution is 2.24. The molecule has 0 unspecified atom stereocenters. The number of rotatable bonds is 3. The molecule has 2 N–H and O–H groups in total. The molecule has 0 saturated carbocycles. The highest BCUT2D eigenvalue weighted by atomic mass is 32.3. The van der Waals surface area contributed by atoms with E-state index < -0.39 is 25.7 Å². The van der Waals surface area contributed by atoms with E-state index in [0.717, 1.165) is 6.07 Å². The van der Waals surface area contributed by atoms with Gasteiger partial charge < -0.3 is 10.4 Å². The summed E-state index contributed by atoms with van der Waals surface area (Å²) in [7, 11) is -7.00. The lowest BCUT2D eigenvalue weighted by Crippen LogP contribution is -2.36. The van der Waals surface area contributed by atoms with Crippen molar-refractivity contribution in [2.24, 2.45) is 3.77 Å². The molecule has 0 aliphatic carbocycles. The Hall–Kier alpha value is -1.45. The number of benzene rings is 1. The lowest BCUT2D eigenvalue weighted by atomic mass is 10.1. The fourth-order valence-electron chi connectivity index (χ4n) is 2.20. The van der Waals surface area contributed by atoms with Gasteiger partial charge in [-0.3, -0.25) is 0 Å². The Balaban J connectivity index is 2.61. The van der Waals surface area contributed by atoms with Gasteiger partial charge in [-0.2, -0.15) is 8.42 Å². The highest BCUT2D eigenvalue weighted by Gasteiger charge is 2.24. The van der Waals surface area contributed by atoms with Crippen molar-refractivity contribution in [3.05, 3.63) is 28.8 Å². The maximum absolute atomic E-state index is 12.5. The van der Waals surface area contributed by atoms with Gasteiger partial charge in [0.1, 0.15) is 0 Å². The summed E-state index contributed by atoms with van der Waals surface area (Å²) in [6, 6.07) is 2.48. The Morgan fingerprint density at radius 1 is 1.27 bits per heavy atom. The van der Waals surface area contributed by atoms with Crippen LogP contribution < -0.4 is 5.32 Å². The van der Waals surface area contributed by atoms with Crippen LogP contribution in [0.25, 0.3) is 0 Å². The average molecular weight is 346 g/mol. The highest BCUT2D eigenvalue weighted by molar-refractivity contribution is 8.03. The van der Waals surface area contributed by atoms with Gasteiger partial charge in [0.15, 0.2) is 0 Å². The van der Waals surface area contributed by atoms with Gasteiger partial charge in [0, 0.05) is 24.6 Å². The third kappa shape index (κ3) is 3.47. The molecule has 1 fully saturated rings. The Morgan fingerprint density at radius 2 is 1.86 bits per heavy atom. The number of nitrogens with one attached hydrogen (secondary N) is 1. The van der Waals surface area contributed by atoms with Gasteiger partial charge >= 0.3 is 5.97 Å². The smallest absolute Gasteiger partial charge is 0.335 e. The summed E-state index contributed by atoms with van der Waals surface area (Å²) in [5, 5.41) is 12.1.